The van der Waals surface area contributed by atoms with E-state index in [4.69, 9.17) is 0 Å². The molecule has 1 aromatic heterocycles. The third-order valence-electron chi connectivity index (χ3n) is 2.62. The zero-order chi connectivity index (χ0) is 13.8. The molecule has 0 unspecified atom stereocenters. The van der Waals surface area contributed by atoms with E-state index in [9.17, 15) is 14.7 Å². The number of nitrogens with zero attached hydrogens (tertiary/aromatic N) is 1. The quantitative estimate of drug-likeness (QED) is 0.672. The van der Waals surface area contributed by atoms with Crippen molar-refractivity contribution in [3.05, 3.63) is 47.7 Å². The first-order valence-electron chi connectivity index (χ1n) is 5.48. The molecule has 0 fully saturated rings. The topological polar surface area (TPSA) is 76.5 Å². The molecule has 2 aromatic rings. The smallest absolute Gasteiger partial charge is 0.341 e. The van der Waals surface area contributed by atoms with Crippen LogP contribution in [0.2, 0.25) is 0 Å². The van der Waals surface area contributed by atoms with Crippen molar-refractivity contribution in [2.45, 2.75) is 0 Å². The number of phenols is 1. The number of hydrogen-bond acceptors (Lipinski definition) is 5. The summed E-state index contributed by atoms with van der Waals surface area (Å²) in [7, 11) is 1.24. The van der Waals surface area contributed by atoms with Gasteiger partial charge in [-0.1, -0.05) is 6.07 Å². The summed E-state index contributed by atoms with van der Waals surface area (Å²) in [6.45, 7) is 0. The van der Waals surface area contributed by atoms with Gasteiger partial charge in [0, 0.05) is 17.3 Å². The number of aromatic nitrogens is 1. The van der Waals surface area contributed by atoms with Crippen LogP contribution in [-0.2, 0) is 4.74 Å². The van der Waals surface area contributed by atoms with Crippen LogP contribution in [0.15, 0.2) is 36.5 Å². The molecule has 0 radical (unpaired) electrons. The van der Waals surface area contributed by atoms with Gasteiger partial charge in [-0.05, 0) is 24.3 Å². The van der Waals surface area contributed by atoms with Gasteiger partial charge < -0.3 is 9.84 Å². The number of methoxy groups -OCH3 is 1. The highest BCUT2D eigenvalue weighted by molar-refractivity contribution is 5.93. The molecule has 0 saturated carbocycles. The molecule has 0 bridgehead atoms. The first-order chi connectivity index (χ1) is 9.15. The molecule has 0 aliphatic carbocycles. The molecule has 0 amide bonds. The lowest BCUT2D eigenvalue weighted by Crippen LogP contribution is -2.01. The van der Waals surface area contributed by atoms with Gasteiger partial charge in [-0.15, -0.1) is 0 Å². The van der Waals surface area contributed by atoms with Crippen molar-refractivity contribution in [2.75, 3.05) is 7.11 Å². The van der Waals surface area contributed by atoms with Crippen LogP contribution >= 0.6 is 0 Å². The number of esters is 1. The van der Waals surface area contributed by atoms with Gasteiger partial charge in [0.05, 0.1) is 12.8 Å². The van der Waals surface area contributed by atoms with Crippen molar-refractivity contribution in [3.63, 3.8) is 0 Å². The van der Waals surface area contributed by atoms with Gasteiger partial charge in [0.2, 0.25) is 0 Å². The Labute approximate surface area is 109 Å². The number of benzene rings is 1. The maximum Gasteiger partial charge on any atom is 0.341 e. The van der Waals surface area contributed by atoms with Crippen LogP contribution in [0.4, 0.5) is 0 Å². The third kappa shape index (κ3) is 2.60. The van der Waals surface area contributed by atoms with E-state index in [1.54, 1.807) is 18.2 Å². The number of carbonyl (C=O) groups excluding carboxylic acids is 2. The summed E-state index contributed by atoms with van der Waals surface area (Å²) in [5.41, 5.74) is 1.71. The number of aromatic hydroxyl groups is 1. The van der Waals surface area contributed by atoms with Gasteiger partial charge >= 0.3 is 5.97 Å². The van der Waals surface area contributed by atoms with E-state index in [-0.39, 0.29) is 11.3 Å². The van der Waals surface area contributed by atoms with Crippen LogP contribution < -0.4 is 0 Å². The minimum absolute atomic E-state index is 0.0813. The van der Waals surface area contributed by atoms with Crippen molar-refractivity contribution >= 4 is 12.3 Å². The average Bonchev–Trinajstić information content (AvgIpc) is 2.46. The van der Waals surface area contributed by atoms with E-state index in [1.165, 1.54) is 25.4 Å². The monoisotopic (exact) mass is 257 g/mol. The van der Waals surface area contributed by atoms with Crippen LogP contribution in [0.5, 0.6) is 5.75 Å². The molecule has 0 atom stereocenters. The van der Waals surface area contributed by atoms with Gasteiger partial charge in [0.25, 0.3) is 0 Å². The SMILES string of the molecule is COC(=O)c1ccc(-c2cc(C=O)ccn2)cc1O. The second kappa shape index (κ2) is 5.30. The Hall–Kier alpha value is -2.69. The fraction of sp³-hybridized carbons (Fsp3) is 0.0714. The Morgan fingerprint density at radius 3 is 2.74 bits per heavy atom. The van der Waals surface area contributed by atoms with Gasteiger partial charge in [-0.2, -0.15) is 0 Å². The lowest BCUT2D eigenvalue weighted by atomic mass is 10.1. The van der Waals surface area contributed by atoms with E-state index in [2.05, 4.69) is 9.72 Å². The molecule has 96 valence electrons. The van der Waals surface area contributed by atoms with Crippen molar-refractivity contribution < 1.29 is 19.4 Å². The molecule has 5 heteroatoms. The fourth-order valence-corrected chi connectivity index (χ4v) is 1.65. The minimum Gasteiger partial charge on any atom is -0.507 e. The predicted molar refractivity (Wildman–Crippen MR) is 68.1 cm³/mol. The van der Waals surface area contributed by atoms with Crippen molar-refractivity contribution in [1.29, 1.82) is 0 Å². The summed E-state index contributed by atoms with van der Waals surface area (Å²) in [5.74, 6) is -0.804. The summed E-state index contributed by atoms with van der Waals surface area (Å²) in [6, 6.07) is 7.66. The molecule has 1 N–H and O–H groups in total. The zero-order valence-corrected chi connectivity index (χ0v) is 10.2. The molecule has 0 aliphatic heterocycles. The zero-order valence-electron chi connectivity index (χ0n) is 10.2. The number of phenolic OH excluding ortho intramolecular Hbond substituents is 1. The number of carbonyl (C=O) groups is 2. The second-order valence-electron chi connectivity index (χ2n) is 3.82. The van der Waals surface area contributed by atoms with Crippen LogP contribution in [-0.4, -0.2) is 29.5 Å². The molecule has 0 aliphatic rings. The average molecular weight is 257 g/mol. The highest BCUT2D eigenvalue weighted by Crippen LogP contribution is 2.26. The van der Waals surface area contributed by atoms with E-state index >= 15 is 0 Å². The first kappa shape index (κ1) is 12.8. The summed E-state index contributed by atoms with van der Waals surface area (Å²) in [4.78, 5) is 26.1. The largest absolute Gasteiger partial charge is 0.507 e. The number of aldehydes is 1. The first-order valence-corrected chi connectivity index (χ1v) is 5.48. The number of rotatable bonds is 3. The van der Waals surface area contributed by atoms with E-state index in [0.717, 1.165) is 0 Å². The maximum atomic E-state index is 11.3. The standard InChI is InChI=1S/C14H11NO4/c1-19-14(18)11-3-2-10(7-13(11)17)12-6-9(8-16)4-5-15-12/h2-8,17H,1H3. The summed E-state index contributed by atoms with van der Waals surface area (Å²) in [6.07, 6.45) is 2.22. The Morgan fingerprint density at radius 2 is 2.11 bits per heavy atom. The lowest BCUT2D eigenvalue weighted by molar-refractivity contribution is 0.0597. The summed E-state index contributed by atoms with van der Waals surface area (Å²) in [5, 5.41) is 9.78. The molecule has 5 nitrogen and oxygen atoms in total. The van der Waals surface area contributed by atoms with Gasteiger partial charge in [0.1, 0.15) is 17.6 Å². The molecule has 0 spiro atoms. The third-order valence-corrected chi connectivity index (χ3v) is 2.62. The van der Waals surface area contributed by atoms with Gasteiger partial charge in [0.15, 0.2) is 0 Å². The van der Waals surface area contributed by atoms with Crippen molar-refractivity contribution in [1.82, 2.24) is 4.98 Å². The lowest BCUT2D eigenvalue weighted by Gasteiger charge is -2.06. The normalized spacial score (nSPS) is 9.95. The molecule has 2 rings (SSSR count). The fourth-order valence-electron chi connectivity index (χ4n) is 1.65. The molecular formula is C14H11NO4. The van der Waals surface area contributed by atoms with E-state index < -0.39 is 5.97 Å². The highest BCUT2D eigenvalue weighted by atomic mass is 16.5. The minimum atomic E-state index is -0.612. The van der Waals surface area contributed by atoms with Crippen LogP contribution in [0, 0.1) is 0 Å². The highest BCUT2D eigenvalue weighted by Gasteiger charge is 2.12. The van der Waals surface area contributed by atoms with Crippen LogP contribution in [0.3, 0.4) is 0 Å². The number of ether oxygens (including phenoxy) is 1. The molecule has 0 saturated heterocycles. The maximum absolute atomic E-state index is 11.3. The van der Waals surface area contributed by atoms with Gasteiger partial charge in [-0.25, -0.2) is 4.79 Å². The second-order valence-corrected chi connectivity index (χ2v) is 3.82. The van der Waals surface area contributed by atoms with Crippen LogP contribution in [0.25, 0.3) is 11.3 Å². The van der Waals surface area contributed by atoms with E-state index in [1.807, 2.05) is 0 Å². The Morgan fingerprint density at radius 1 is 1.32 bits per heavy atom. The summed E-state index contributed by atoms with van der Waals surface area (Å²) >= 11 is 0. The Balaban J connectivity index is 2.44. The predicted octanol–water partition coefficient (Wildman–Crippen LogP) is 2.05. The van der Waals surface area contributed by atoms with E-state index in [0.29, 0.717) is 23.1 Å². The number of hydrogen-bond donors (Lipinski definition) is 1. The number of pyridine rings is 1. The summed E-state index contributed by atoms with van der Waals surface area (Å²) < 4.78 is 4.54. The molecule has 1 heterocycles. The van der Waals surface area contributed by atoms with Crippen molar-refractivity contribution in [2.24, 2.45) is 0 Å². The molecular weight excluding hydrogens is 246 g/mol. The van der Waals surface area contributed by atoms with Crippen LogP contribution in [0.1, 0.15) is 20.7 Å². The van der Waals surface area contributed by atoms with Crippen molar-refractivity contribution in [3.8, 4) is 17.0 Å². The molecule has 1 aromatic carbocycles. The van der Waals surface area contributed by atoms with Gasteiger partial charge in [-0.3, -0.25) is 9.78 Å². The molecule has 19 heavy (non-hydrogen) atoms. The Bertz CT molecular complexity index is 637. The Kier molecular flexibility index (Phi) is 3.56.